The molecule has 20 heavy (non-hydrogen) atoms. The van der Waals surface area contributed by atoms with Crippen molar-refractivity contribution < 1.29 is 13.2 Å². The highest BCUT2D eigenvalue weighted by Gasteiger charge is 2.42. The normalized spacial score (nSPS) is 20.6. The van der Waals surface area contributed by atoms with Gasteiger partial charge in [-0.3, -0.25) is 0 Å². The average molecular weight is 349 g/mol. The molecule has 3 heterocycles. The quantitative estimate of drug-likeness (QED) is 0.792. The van der Waals surface area contributed by atoms with Gasteiger partial charge in [-0.05, 0) is 28.8 Å². The topological polar surface area (TPSA) is 33.4 Å². The number of halogens is 4. The van der Waals surface area contributed by atoms with Crippen molar-refractivity contribution in [1.29, 1.82) is 0 Å². The number of imidazole rings is 1. The molecule has 1 fully saturated rings. The second-order valence-electron chi connectivity index (χ2n) is 4.87. The molecule has 1 aliphatic rings. The van der Waals surface area contributed by atoms with Gasteiger partial charge in [-0.2, -0.15) is 13.2 Å². The van der Waals surface area contributed by atoms with Crippen LogP contribution in [-0.2, 0) is 0 Å². The summed E-state index contributed by atoms with van der Waals surface area (Å²) >= 11 is 3.28. The first kappa shape index (κ1) is 13.7. The Labute approximate surface area is 121 Å². The van der Waals surface area contributed by atoms with Crippen molar-refractivity contribution in [1.82, 2.24) is 14.4 Å². The smallest absolute Gasteiger partial charge is 0.353 e. The van der Waals surface area contributed by atoms with Crippen molar-refractivity contribution in [2.75, 3.05) is 18.0 Å². The van der Waals surface area contributed by atoms with Gasteiger partial charge in [-0.15, -0.1) is 0 Å². The number of piperidine rings is 1. The van der Waals surface area contributed by atoms with Crippen LogP contribution in [0.3, 0.4) is 0 Å². The molecule has 0 amide bonds. The molecule has 108 valence electrons. The molecule has 2 aromatic rings. The van der Waals surface area contributed by atoms with Crippen LogP contribution in [0, 0.1) is 5.92 Å². The van der Waals surface area contributed by atoms with Gasteiger partial charge >= 0.3 is 6.18 Å². The third-order valence-electron chi connectivity index (χ3n) is 3.51. The Morgan fingerprint density at radius 2 is 2.15 bits per heavy atom. The number of fused-ring (bicyclic) bond motifs is 1. The van der Waals surface area contributed by atoms with Crippen LogP contribution in [0.15, 0.2) is 23.2 Å². The molecule has 2 aromatic heterocycles. The lowest BCUT2D eigenvalue weighted by Crippen LogP contribution is -2.42. The molecule has 0 aromatic carbocycles. The molecular weight excluding hydrogens is 337 g/mol. The fourth-order valence-electron chi connectivity index (χ4n) is 2.53. The van der Waals surface area contributed by atoms with E-state index in [0.29, 0.717) is 29.0 Å². The zero-order chi connectivity index (χ0) is 14.3. The standard InChI is InChI=1S/C12H12BrF3N4/c13-9-7-20-5-3-17-10(20)11(18-9)19-4-1-2-8(6-19)12(14,15)16/h3,5,7-8H,1-2,4,6H2. The van der Waals surface area contributed by atoms with E-state index >= 15 is 0 Å². The lowest BCUT2D eigenvalue weighted by Gasteiger charge is -2.34. The van der Waals surface area contributed by atoms with E-state index in [1.54, 1.807) is 27.9 Å². The predicted octanol–water partition coefficient (Wildman–Crippen LogP) is 3.27. The van der Waals surface area contributed by atoms with Gasteiger partial charge in [0.1, 0.15) is 4.60 Å². The Bertz CT molecular complexity index is 625. The van der Waals surface area contributed by atoms with E-state index < -0.39 is 12.1 Å². The van der Waals surface area contributed by atoms with E-state index in [4.69, 9.17) is 0 Å². The second-order valence-corrected chi connectivity index (χ2v) is 5.68. The molecule has 8 heteroatoms. The van der Waals surface area contributed by atoms with Crippen LogP contribution in [0.2, 0.25) is 0 Å². The summed E-state index contributed by atoms with van der Waals surface area (Å²) in [5.41, 5.74) is 0.580. The third kappa shape index (κ3) is 2.48. The molecule has 0 saturated carbocycles. The third-order valence-corrected chi connectivity index (χ3v) is 3.89. The summed E-state index contributed by atoms with van der Waals surface area (Å²) in [5.74, 6) is -0.801. The van der Waals surface area contributed by atoms with Gasteiger partial charge in [0.05, 0.1) is 5.92 Å². The molecule has 1 atom stereocenters. The number of aromatic nitrogens is 3. The van der Waals surface area contributed by atoms with Crippen LogP contribution in [-0.4, -0.2) is 33.6 Å². The molecule has 0 N–H and O–H groups in total. The number of anilines is 1. The van der Waals surface area contributed by atoms with E-state index in [-0.39, 0.29) is 13.0 Å². The number of hydrogen-bond acceptors (Lipinski definition) is 3. The summed E-state index contributed by atoms with van der Waals surface area (Å²) in [6, 6.07) is 0. The van der Waals surface area contributed by atoms with Crippen molar-refractivity contribution in [3.63, 3.8) is 0 Å². The number of rotatable bonds is 1. The van der Waals surface area contributed by atoms with Crippen LogP contribution < -0.4 is 4.90 Å². The largest absolute Gasteiger partial charge is 0.393 e. The summed E-state index contributed by atoms with van der Waals surface area (Å²) in [7, 11) is 0. The maximum Gasteiger partial charge on any atom is 0.393 e. The Hall–Kier alpha value is -1.31. The van der Waals surface area contributed by atoms with Crippen LogP contribution in [0.4, 0.5) is 19.0 Å². The van der Waals surface area contributed by atoms with Crippen LogP contribution >= 0.6 is 15.9 Å². The van der Waals surface area contributed by atoms with Gasteiger partial charge in [0.15, 0.2) is 11.5 Å². The van der Waals surface area contributed by atoms with E-state index in [0.717, 1.165) is 0 Å². The van der Waals surface area contributed by atoms with Crippen molar-refractivity contribution in [2.45, 2.75) is 19.0 Å². The minimum atomic E-state index is -4.16. The molecule has 3 rings (SSSR count). The highest BCUT2D eigenvalue weighted by molar-refractivity contribution is 9.10. The summed E-state index contributed by atoms with van der Waals surface area (Å²) in [5, 5.41) is 0. The number of nitrogens with zero attached hydrogens (tertiary/aromatic N) is 4. The van der Waals surface area contributed by atoms with Crippen molar-refractivity contribution in [3.05, 3.63) is 23.2 Å². The molecule has 0 bridgehead atoms. The summed E-state index contributed by atoms with van der Waals surface area (Å²) < 4.78 is 41.0. The molecule has 0 aliphatic carbocycles. The van der Waals surface area contributed by atoms with Crippen LogP contribution in [0.1, 0.15) is 12.8 Å². The first-order valence-corrected chi connectivity index (χ1v) is 7.05. The molecule has 4 nitrogen and oxygen atoms in total. The van der Waals surface area contributed by atoms with Gasteiger partial charge in [-0.1, -0.05) is 0 Å². The zero-order valence-corrected chi connectivity index (χ0v) is 12.0. The lowest BCUT2D eigenvalue weighted by atomic mass is 9.97. The highest BCUT2D eigenvalue weighted by Crippen LogP contribution is 2.35. The maximum atomic E-state index is 12.9. The van der Waals surface area contributed by atoms with Gasteiger partial charge < -0.3 is 9.30 Å². The van der Waals surface area contributed by atoms with Gasteiger partial charge in [-0.25, -0.2) is 9.97 Å². The van der Waals surface area contributed by atoms with Crippen LogP contribution in [0.25, 0.3) is 5.65 Å². The Morgan fingerprint density at radius 3 is 2.90 bits per heavy atom. The van der Waals surface area contributed by atoms with E-state index in [2.05, 4.69) is 25.9 Å². The van der Waals surface area contributed by atoms with Gasteiger partial charge in [0.25, 0.3) is 0 Å². The molecule has 0 radical (unpaired) electrons. The molecule has 1 aliphatic heterocycles. The van der Waals surface area contributed by atoms with E-state index in [9.17, 15) is 13.2 Å². The summed E-state index contributed by atoms with van der Waals surface area (Å²) in [6.45, 7) is 0.508. The van der Waals surface area contributed by atoms with E-state index in [1.165, 1.54) is 0 Å². The van der Waals surface area contributed by atoms with Crippen LogP contribution in [0.5, 0.6) is 0 Å². The first-order valence-electron chi connectivity index (χ1n) is 6.26. The zero-order valence-electron chi connectivity index (χ0n) is 10.4. The van der Waals surface area contributed by atoms with E-state index in [1.807, 2.05) is 0 Å². The highest BCUT2D eigenvalue weighted by atomic mass is 79.9. The summed E-state index contributed by atoms with van der Waals surface area (Å²) in [6.07, 6.45) is 1.62. The lowest BCUT2D eigenvalue weighted by molar-refractivity contribution is -0.176. The molecule has 1 saturated heterocycles. The Morgan fingerprint density at radius 1 is 1.35 bits per heavy atom. The fourth-order valence-corrected chi connectivity index (χ4v) is 2.92. The monoisotopic (exact) mass is 348 g/mol. The Kier molecular flexibility index (Phi) is 3.35. The molecule has 0 spiro atoms. The van der Waals surface area contributed by atoms with Gasteiger partial charge in [0, 0.05) is 31.7 Å². The molecule has 1 unspecified atom stereocenters. The predicted molar refractivity (Wildman–Crippen MR) is 71.7 cm³/mol. The second kappa shape index (κ2) is 4.91. The summed E-state index contributed by atoms with van der Waals surface area (Å²) in [4.78, 5) is 10.2. The maximum absolute atomic E-state index is 12.9. The average Bonchev–Trinajstić information content (AvgIpc) is 2.85. The molecular formula is C12H12BrF3N4. The minimum Gasteiger partial charge on any atom is -0.353 e. The van der Waals surface area contributed by atoms with Gasteiger partial charge in [0.2, 0.25) is 0 Å². The Balaban J connectivity index is 1.96. The SMILES string of the molecule is FC(F)(F)C1CCCN(c2nc(Br)cn3ccnc23)C1. The van der Waals surface area contributed by atoms with Crippen molar-refractivity contribution in [2.24, 2.45) is 5.92 Å². The minimum absolute atomic E-state index is 0.0600. The number of alkyl halides is 3. The number of hydrogen-bond donors (Lipinski definition) is 0. The van der Waals surface area contributed by atoms with Crippen molar-refractivity contribution >= 4 is 27.4 Å². The van der Waals surface area contributed by atoms with Crippen molar-refractivity contribution in [3.8, 4) is 0 Å². The first-order chi connectivity index (χ1) is 9.45. The fraction of sp³-hybridized carbons (Fsp3) is 0.500.